The lowest BCUT2D eigenvalue weighted by atomic mass is 10.4. The highest BCUT2D eigenvalue weighted by Gasteiger charge is 1.99. The van der Waals surface area contributed by atoms with Gasteiger partial charge in [-0.15, -0.1) is 0 Å². The third-order valence-corrected chi connectivity index (χ3v) is 1.62. The van der Waals surface area contributed by atoms with Crippen LogP contribution < -0.4 is 5.73 Å². The molecule has 2 aromatic heterocycles. The van der Waals surface area contributed by atoms with E-state index in [0.29, 0.717) is 11.6 Å². The molecule has 0 atom stereocenters. The molecule has 0 saturated heterocycles. The fraction of sp³-hybridized carbons (Fsp3) is 0.125. The number of aryl methyl sites for hydroxylation is 1. The highest BCUT2D eigenvalue weighted by atomic mass is 15.3. The van der Waals surface area contributed by atoms with Crippen LogP contribution in [-0.2, 0) is 0 Å². The molecular weight excluding hydrogens is 166 g/mol. The Morgan fingerprint density at radius 2 is 2.23 bits per heavy atom. The number of anilines is 1. The molecule has 66 valence electrons. The van der Waals surface area contributed by atoms with Crippen molar-refractivity contribution in [3.8, 4) is 5.82 Å². The van der Waals surface area contributed by atoms with E-state index in [1.54, 1.807) is 16.9 Å². The number of nitrogens with two attached hydrogens (primary N) is 1. The van der Waals surface area contributed by atoms with E-state index in [0.717, 1.165) is 5.56 Å². The molecule has 0 saturated carbocycles. The molecule has 0 spiro atoms. The van der Waals surface area contributed by atoms with Crippen LogP contribution in [0.1, 0.15) is 5.56 Å². The maximum Gasteiger partial charge on any atom is 0.158 e. The molecule has 13 heavy (non-hydrogen) atoms. The van der Waals surface area contributed by atoms with E-state index >= 15 is 0 Å². The Morgan fingerprint density at radius 3 is 2.85 bits per heavy atom. The lowest BCUT2D eigenvalue weighted by molar-refractivity contribution is 0.840. The van der Waals surface area contributed by atoms with Crippen molar-refractivity contribution < 1.29 is 0 Å². The molecular formula is C8H9N5. The summed E-state index contributed by atoms with van der Waals surface area (Å²) >= 11 is 0. The molecule has 2 aromatic rings. The lowest BCUT2D eigenvalue weighted by Crippen LogP contribution is -2.00. The average Bonchev–Trinajstić information content (AvgIpc) is 2.52. The van der Waals surface area contributed by atoms with Crippen LogP contribution in [0.3, 0.4) is 0 Å². The van der Waals surface area contributed by atoms with E-state index in [1.807, 2.05) is 13.1 Å². The van der Waals surface area contributed by atoms with Crippen molar-refractivity contribution in [3.05, 3.63) is 30.4 Å². The number of aromatic nitrogens is 4. The maximum atomic E-state index is 5.51. The molecule has 2 heterocycles. The first kappa shape index (κ1) is 7.72. The summed E-state index contributed by atoms with van der Waals surface area (Å²) < 4.78 is 1.66. The fourth-order valence-corrected chi connectivity index (χ4v) is 1.02. The Hall–Kier alpha value is -1.91. The van der Waals surface area contributed by atoms with Gasteiger partial charge < -0.3 is 5.73 Å². The van der Waals surface area contributed by atoms with Gasteiger partial charge in [0.05, 0.1) is 6.20 Å². The summed E-state index contributed by atoms with van der Waals surface area (Å²) in [5.74, 6) is 1.12. The van der Waals surface area contributed by atoms with Gasteiger partial charge in [0.25, 0.3) is 0 Å². The van der Waals surface area contributed by atoms with Crippen LogP contribution >= 0.6 is 0 Å². The van der Waals surface area contributed by atoms with Crippen molar-refractivity contribution in [1.82, 2.24) is 19.7 Å². The summed E-state index contributed by atoms with van der Waals surface area (Å²) in [5.41, 5.74) is 6.59. The molecule has 0 unspecified atom stereocenters. The van der Waals surface area contributed by atoms with Crippen molar-refractivity contribution in [2.24, 2.45) is 0 Å². The van der Waals surface area contributed by atoms with Crippen molar-refractivity contribution in [2.75, 3.05) is 5.73 Å². The molecule has 0 aliphatic rings. The largest absolute Gasteiger partial charge is 0.384 e. The fourth-order valence-electron chi connectivity index (χ4n) is 1.02. The summed E-state index contributed by atoms with van der Waals surface area (Å²) in [5, 5.41) is 4.10. The van der Waals surface area contributed by atoms with Crippen LogP contribution in [0.2, 0.25) is 0 Å². The zero-order valence-corrected chi connectivity index (χ0v) is 7.18. The quantitative estimate of drug-likeness (QED) is 0.687. The highest BCUT2D eigenvalue weighted by molar-refractivity contribution is 5.35. The van der Waals surface area contributed by atoms with Crippen molar-refractivity contribution in [2.45, 2.75) is 6.92 Å². The molecule has 2 N–H and O–H groups in total. The average molecular weight is 175 g/mol. The number of nitrogen functional groups attached to an aromatic ring is 1. The van der Waals surface area contributed by atoms with E-state index in [2.05, 4.69) is 15.1 Å². The molecule has 0 aliphatic heterocycles. The van der Waals surface area contributed by atoms with E-state index in [-0.39, 0.29) is 0 Å². The van der Waals surface area contributed by atoms with Crippen molar-refractivity contribution in [3.63, 3.8) is 0 Å². The van der Waals surface area contributed by atoms with Gasteiger partial charge in [-0.05, 0) is 12.5 Å². The normalized spacial score (nSPS) is 10.2. The SMILES string of the molecule is Cc1cnn(-c2cc(N)ncn2)c1. The Balaban J connectivity index is 2.46. The minimum atomic E-state index is 0.443. The molecule has 0 fully saturated rings. The van der Waals surface area contributed by atoms with Gasteiger partial charge in [-0.3, -0.25) is 0 Å². The van der Waals surface area contributed by atoms with Crippen molar-refractivity contribution >= 4 is 5.82 Å². The number of nitrogens with zero attached hydrogens (tertiary/aromatic N) is 4. The molecule has 0 radical (unpaired) electrons. The van der Waals surface area contributed by atoms with Gasteiger partial charge in [0.1, 0.15) is 12.1 Å². The second-order valence-corrected chi connectivity index (χ2v) is 2.76. The molecule has 0 bridgehead atoms. The second-order valence-electron chi connectivity index (χ2n) is 2.76. The first-order valence-corrected chi connectivity index (χ1v) is 3.85. The molecule has 2 rings (SSSR count). The standard InChI is InChI=1S/C8H9N5/c1-6-3-12-13(4-6)8-2-7(9)10-5-11-8/h2-5H,1H3,(H2,9,10,11). The summed E-state index contributed by atoms with van der Waals surface area (Å²) in [6.45, 7) is 1.97. The third-order valence-electron chi connectivity index (χ3n) is 1.62. The van der Waals surface area contributed by atoms with Gasteiger partial charge in [0.15, 0.2) is 5.82 Å². The van der Waals surface area contributed by atoms with E-state index < -0.39 is 0 Å². The van der Waals surface area contributed by atoms with Gasteiger partial charge >= 0.3 is 0 Å². The predicted octanol–water partition coefficient (Wildman–Crippen LogP) is 0.553. The number of hydrogen-bond acceptors (Lipinski definition) is 4. The topological polar surface area (TPSA) is 69.6 Å². The Labute approximate surface area is 75.2 Å². The molecule has 0 aromatic carbocycles. The van der Waals surface area contributed by atoms with Crippen LogP contribution in [0, 0.1) is 6.92 Å². The van der Waals surface area contributed by atoms with E-state index in [9.17, 15) is 0 Å². The molecule has 5 heteroatoms. The summed E-state index contributed by atoms with van der Waals surface area (Å²) in [6, 6.07) is 1.67. The lowest BCUT2D eigenvalue weighted by Gasteiger charge is -1.98. The monoisotopic (exact) mass is 175 g/mol. The highest BCUT2D eigenvalue weighted by Crippen LogP contribution is 2.05. The first-order valence-electron chi connectivity index (χ1n) is 3.85. The Bertz CT molecular complexity index is 420. The van der Waals surface area contributed by atoms with Gasteiger partial charge in [-0.1, -0.05) is 0 Å². The van der Waals surface area contributed by atoms with Crippen LogP contribution in [0.4, 0.5) is 5.82 Å². The summed E-state index contributed by atoms with van der Waals surface area (Å²) in [4.78, 5) is 7.83. The van der Waals surface area contributed by atoms with Crippen LogP contribution in [0.25, 0.3) is 5.82 Å². The van der Waals surface area contributed by atoms with Gasteiger partial charge in [-0.2, -0.15) is 5.10 Å². The van der Waals surface area contributed by atoms with Gasteiger partial charge in [0.2, 0.25) is 0 Å². The minimum Gasteiger partial charge on any atom is -0.384 e. The molecule has 0 amide bonds. The minimum absolute atomic E-state index is 0.443. The zero-order chi connectivity index (χ0) is 9.26. The summed E-state index contributed by atoms with van der Waals surface area (Å²) in [7, 11) is 0. The predicted molar refractivity (Wildman–Crippen MR) is 48.3 cm³/mol. The van der Waals surface area contributed by atoms with Gasteiger partial charge in [0, 0.05) is 12.3 Å². The van der Waals surface area contributed by atoms with Crippen LogP contribution in [0.15, 0.2) is 24.8 Å². The molecule has 0 aliphatic carbocycles. The second kappa shape index (κ2) is 2.85. The van der Waals surface area contributed by atoms with Crippen LogP contribution in [0.5, 0.6) is 0 Å². The first-order chi connectivity index (χ1) is 6.25. The van der Waals surface area contributed by atoms with Crippen molar-refractivity contribution in [1.29, 1.82) is 0 Å². The summed E-state index contributed by atoms with van der Waals surface area (Å²) in [6.07, 6.45) is 5.06. The number of hydrogen-bond donors (Lipinski definition) is 1. The van der Waals surface area contributed by atoms with E-state index in [1.165, 1.54) is 6.33 Å². The number of rotatable bonds is 1. The maximum absolute atomic E-state index is 5.51. The smallest absolute Gasteiger partial charge is 0.158 e. The molecule has 5 nitrogen and oxygen atoms in total. The van der Waals surface area contributed by atoms with E-state index in [4.69, 9.17) is 5.73 Å². The Morgan fingerprint density at radius 1 is 1.38 bits per heavy atom. The third kappa shape index (κ3) is 1.48. The van der Waals surface area contributed by atoms with Gasteiger partial charge in [-0.25, -0.2) is 14.6 Å². The Kier molecular flexibility index (Phi) is 1.70. The van der Waals surface area contributed by atoms with Crippen LogP contribution in [-0.4, -0.2) is 19.7 Å². The zero-order valence-electron chi connectivity index (χ0n) is 7.18.